The summed E-state index contributed by atoms with van der Waals surface area (Å²) in [5, 5.41) is 21.0. The number of aliphatic hydroxyl groups is 1. The zero-order valence-electron chi connectivity index (χ0n) is 32.5. The molecule has 4 heterocycles. The van der Waals surface area contributed by atoms with Crippen LogP contribution in [0, 0.1) is 23.2 Å². The van der Waals surface area contributed by atoms with Gasteiger partial charge in [0.1, 0.15) is 17.6 Å². The number of aliphatic hydroxyl groups excluding tert-OH is 1. The van der Waals surface area contributed by atoms with Crippen molar-refractivity contribution in [3.8, 4) is 11.5 Å². The van der Waals surface area contributed by atoms with Crippen molar-refractivity contribution < 1.29 is 34.0 Å². The van der Waals surface area contributed by atoms with Crippen LogP contribution in [-0.4, -0.2) is 71.5 Å². The van der Waals surface area contributed by atoms with Crippen molar-refractivity contribution in [2.45, 2.75) is 102 Å². The van der Waals surface area contributed by atoms with Gasteiger partial charge in [-0.2, -0.15) is 0 Å². The monoisotopic (exact) mass is 736 g/mol. The Balaban J connectivity index is 0.000000171. The molecule has 9 rings (SSSR count). The number of pyridine rings is 1. The number of methoxy groups -OCH3 is 2. The summed E-state index contributed by atoms with van der Waals surface area (Å²) in [7, 11) is 3.37. The van der Waals surface area contributed by atoms with Gasteiger partial charge in [0.2, 0.25) is 0 Å². The number of rotatable bonds is 9. The van der Waals surface area contributed by atoms with Crippen molar-refractivity contribution in [1.82, 2.24) is 9.88 Å². The number of piperidine rings is 3. The highest BCUT2D eigenvalue weighted by Gasteiger charge is 2.54. The van der Waals surface area contributed by atoms with E-state index in [1.807, 2.05) is 24.3 Å². The van der Waals surface area contributed by atoms with Gasteiger partial charge in [-0.1, -0.05) is 38.5 Å². The minimum absolute atomic E-state index is 0.0250. The van der Waals surface area contributed by atoms with Crippen molar-refractivity contribution in [2.75, 3.05) is 27.3 Å². The van der Waals surface area contributed by atoms with E-state index in [4.69, 9.17) is 19.3 Å². The Labute approximate surface area is 319 Å². The van der Waals surface area contributed by atoms with E-state index in [1.165, 1.54) is 28.7 Å². The number of carbonyl (C=O) groups is 2. The molecule has 6 aliphatic rings. The van der Waals surface area contributed by atoms with Crippen LogP contribution < -0.4 is 9.47 Å². The van der Waals surface area contributed by atoms with Crippen LogP contribution in [0.2, 0.25) is 0 Å². The molecule has 8 atom stereocenters. The number of allylic oxidation sites excluding steroid dienone is 2. The fourth-order valence-corrected chi connectivity index (χ4v) is 10.5. The lowest BCUT2D eigenvalue weighted by atomic mass is 9.58. The Bertz CT molecular complexity index is 1950. The normalized spacial score (nSPS) is 29.5. The van der Waals surface area contributed by atoms with Crippen molar-refractivity contribution in [2.24, 2.45) is 23.2 Å². The maximum atomic E-state index is 12.2. The number of hydrogen-bond donors (Lipinski definition) is 2. The topological polar surface area (TPSA) is 118 Å². The zero-order chi connectivity index (χ0) is 38.4. The quantitative estimate of drug-likeness (QED) is 0.165. The second-order valence-corrected chi connectivity index (χ2v) is 17.0. The molecule has 288 valence electrons. The van der Waals surface area contributed by atoms with Crippen LogP contribution >= 0.6 is 0 Å². The Morgan fingerprint density at radius 1 is 1.04 bits per heavy atom. The summed E-state index contributed by atoms with van der Waals surface area (Å²) in [6.45, 7) is 12.9. The van der Waals surface area contributed by atoms with Gasteiger partial charge in [-0.15, -0.1) is 6.58 Å². The van der Waals surface area contributed by atoms with Crippen LogP contribution in [0.1, 0.15) is 101 Å². The average Bonchev–Trinajstić information content (AvgIpc) is 3.51. The number of ether oxygens (including phenoxy) is 3. The minimum Gasteiger partial charge on any atom is -0.497 e. The van der Waals surface area contributed by atoms with E-state index in [-0.39, 0.29) is 41.8 Å². The van der Waals surface area contributed by atoms with E-state index in [2.05, 4.69) is 61.5 Å². The van der Waals surface area contributed by atoms with Crippen molar-refractivity contribution >= 4 is 28.4 Å². The van der Waals surface area contributed by atoms with Gasteiger partial charge in [-0.05, 0) is 133 Å². The molecule has 9 heteroatoms. The summed E-state index contributed by atoms with van der Waals surface area (Å²) in [6, 6.07) is 14.4. The molecule has 2 N–H and O–H groups in total. The highest BCUT2D eigenvalue weighted by atomic mass is 16.5. The van der Waals surface area contributed by atoms with Crippen LogP contribution in [0.15, 0.2) is 66.9 Å². The number of esters is 1. The Morgan fingerprint density at radius 2 is 1.80 bits per heavy atom. The first-order valence-corrected chi connectivity index (χ1v) is 19.7. The Hall–Kier alpha value is -4.21. The van der Waals surface area contributed by atoms with E-state index in [1.54, 1.807) is 20.4 Å². The number of carboxylic acids is 1. The lowest BCUT2D eigenvalue weighted by Gasteiger charge is -2.50. The van der Waals surface area contributed by atoms with Gasteiger partial charge in [-0.25, -0.2) is 0 Å². The molecule has 4 fully saturated rings. The van der Waals surface area contributed by atoms with Gasteiger partial charge in [0.15, 0.2) is 0 Å². The van der Waals surface area contributed by atoms with Gasteiger partial charge in [0, 0.05) is 29.6 Å². The van der Waals surface area contributed by atoms with Crippen LogP contribution in [0.25, 0.3) is 16.5 Å². The molecule has 0 radical (unpaired) electrons. The van der Waals surface area contributed by atoms with E-state index in [0.29, 0.717) is 17.8 Å². The molecular formula is C45H56N2O7. The third-order valence-electron chi connectivity index (χ3n) is 13.5. The largest absolute Gasteiger partial charge is 0.497 e. The summed E-state index contributed by atoms with van der Waals surface area (Å²) < 4.78 is 16.7. The first kappa shape index (κ1) is 38.1. The standard InChI is InChI=1S/C25H32O5.C20H24N2O2/c1-24(2)14-18-16(17-6-5-15(29-4)13-20(17)24)11-12-25(3)19(18)7-8-21(25)30-23(28)10-9-22(26)27;1-3-13-12-22-9-7-14(13)10-19(22)20(23)16-6-8-21-18-5-4-15(24-2)11-17(16)18/h5-6,13,19,21H,7-12,14H2,1-4H3,(H,26,27);3-6,8,11,13-14,19-20,23H,1,7,9-10,12H2,2H3/t19-,21-,25-;13-,14-,19-,20+/m10/s1. The molecule has 1 aromatic heterocycles. The Morgan fingerprint density at radius 3 is 2.50 bits per heavy atom. The lowest BCUT2D eigenvalue weighted by molar-refractivity contribution is -0.157. The average molecular weight is 737 g/mol. The number of carboxylic acid groups (broad SMARTS) is 1. The third-order valence-corrected chi connectivity index (χ3v) is 13.5. The molecule has 0 spiro atoms. The third kappa shape index (κ3) is 7.05. The molecule has 9 nitrogen and oxygen atoms in total. The zero-order valence-corrected chi connectivity index (χ0v) is 32.5. The molecule has 3 aliphatic heterocycles. The van der Waals surface area contributed by atoms with Gasteiger partial charge in [-0.3, -0.25) is 19.5 Å². The van der Waals surface area contributed by atoms with E-state index >= 15 is 0 Å². The molecule has 1 saturated carbocycles. The predicted molar refractivity (Wildman–Crippen MR) is 209 cm³/mol. The van der Waals surface area contributed by atoms with Crippen molar-refractivity contribution in [1.29, 1.82) is 0 Å². The van der Waals surface area contributed by atoms with Crippen molar-refractivity contribution in [3.63, 3.8) is 0 Å². The highest BCUT2D eigenvalue weighted by Crippen LogP contribution is 2.61. The number of hydrogen-bond acceptors (Lipinski definition) is 8. The molecular weight excluding hydrogens is 681 g/mol. The smallest absolute Gasteiger partial charge is 0.306 e. The minimum atomic E-state index is -0.963. The van der Waals surface area contributed by atoms with E-state index in [0.717, 1.165) is 79.6 Å². The number of aromatic nitrogens is 1. The van der Waals surface area contributed by atoms with Crippen LogP contribution in [0.5, 0.6) is 11.5 Å². The fourth-order valence-electron chi connectivity index (χ4n) is 10.5. The molecule has 2 bridgehead atoms. The summed E-state index contributed by atoms with van der Waals surface area (Å²) in [6.07, 6.45) is 10.1. The summed E-state index contributed by atoms with van der Waals surface area (Å²) in [5.74, 6) is 1.97. The molecule has 3 saturated heterocycles. The number of aliphatic carboxylic acids is 1. The van der Waals surface area contributed by atoms with E-state index < -0.39 is 12.1 Å². The summed E-state index contributed by atoms with van der Waals surface area (Å²) >= 11 is 0. The van der Waals surface area contributed by atoms with Gasteiger partial charge in [0.05, 0.1) is 38.7 Å². The second kappa shape index (κ2) is 15.1. The predicted octanol–water partition coefficient (Wildman–Crippen LogP) is 8.29. The number of nitrogens with zero attached hydrogens (tertiary/aromatic N) is 2. The molecule has 3 aliphatic carbocycles. The van der Waals surface area contributed by atoms with Crippen LogP contribution in [-0.2, 0) is 19.7 Å². The number of carbonyl (C=O) groups excluding carboxylic acids is 1. The fraction of sp³-hybridized carbons (Fsp3) is 0.533. The van der Waals surface area contributed by atoms with Crippen molar-refractivity contribution in [3.05, 3.63) is 83.6 Å². The molecule has 2 aromatic carbocycles. The lowest BCUT2D eigenvalue weighted by Crippen LogP contribution is -2.54. The van der Waals surface area contributed by atoms with Gasteiger partial charge in [0.25, 0.3) is 0 Å². The number of fused-ring (bicyclic) bond motifs is 8. The van der Waals surface area contributed by atoms with Gasteiger partial charge < -0.3 is 24.4 Å². The first-order chi connectivity index (χ1) is 25.9. The molecule has 3 aromatic rings. The molecule has 54 heavy (non-hydrogen) atoms. The van der Waals surface area contributed by atoms with Gasteiger partial charge >= 0.3 is 11.9 Å². The SMILES string of the molecule is C=C[C@H]1CN2CC[C@H]1C[C@H]2[C@H](O)c1ccnc2ccc(OC)cc12.COc1ccc2c(c1)C(C)(C)CC1=C2CC[C@]2(C)[C@@H]1CC[C@H]2OC(=O)CCC(=O)O. The summed E-state index contributed by atoms with van der Waals surface area (Å²) in [4.78, 5) is 29.8. The molecule has 0 amide bonds. The first-order valence-electron chi connectivity index (χ1n) is 19.7. The summed E-state index contributed by atoms with van der Waals surface area (Å²) in [5.41, 5.74) is 7.53. The van der Waals surface area contributed by atoms with Crippen LogP contribution in [0.3, 0.4) is 0 Å². The second-order valence-electron chi connectivity index (χ2n) is 17.0. The highest BCUT2D eigenvalue weighted by molar-refractivity contribution is 5.84. The van der Waals surface area contributed by atoms with E-state index in [9.17, 15) is 14.7 Å². The Kier molecular flexibility index (Phi) is 10.7. The number of benzene rings is 2. The maximum absolute atomic E-state index is 12.2. The molecule has 1 unspecified atom stereocenters. The maximum Gasteiger partial charge on any atom is 0.306 e. The van der Waals surface area contributed by atoms with Crippen LogP contribution in [0.4, 0.5) is 0 Å².